The van der Waals surface area contributed by atoms with Gasteiger partial charge in [-0.05, 0) is 37.8 Å². The molecule has 0 spiro atoms. The number of hydrogen-bond acceptors (Lipinski definition) is 0. The lowest BCUT2D eigenvalue weighted by Crippen LogP contribution is -1.77. The summed E-state index contributed by atoms with van der Waals surface area (Å²) in [7, 11) is 0. The van der Waals surface area contributed by atoms with Gasteiger partial charge in [-0.15, -0.1) is 12.3 Å². The molecule has 13 heavy (non-hydrogen) atoms. The van der Waals surface area contributed by atoms with Gasteiger partial charge in [0.25, 0.3) is 0 Å². The van der Waals surface area contributed by atoms with Crippen molar-refractivity contribution in [1.29, 1.82) is 0 Å². The average Bonchev–Trinajstić information content (AvgIpc) is 2.53. The molecule has 0 aromatic carbocycles. The first-order chi connectivity index (χ1) is 6.24. The van der Waals surface area contributed by atoms with Crippen LogP contribution in [0.4, 0.5) is 0 Å². The summed E-state index contributed by atoms with van der Waals surface area (Å²) in [6, 6.07) is 0. The molecule has 0 bridgehead atoms. The van der Waals surface area contributed by atoms with Gasteiger partial charge in [-0.1, -0.05) is 23.8 Å². The zero-order valence-electron chi connectivity index (χ0n) is 8.43. The number of hydrogen-bond donors (Lipinski definition) is 0. The maximum absolute atomic E-state index is 5.19. The van der Waals surface area contributed by atoms with E-state index in [9.17, 15) is 0 Å². The summed E-state index contributed by atoms with van der Waals surface area (Å²) in [4.78, 5) is 0. The highest BCUT2D eigenvalue weighted by Gasteiger charge is 2.02. The maximum Gasteiger partial charge on any atom is 0.00892 e. The molecule has 0 radical (unpaired) electrons. The summed E-state index contributed by atoms with van der Waals surface area (Å²) >= 11 is 0. The Balaban J connectivity index is 2.49. The van der Waals surface area contributed by atoms with Crippen molar-refractivity contribution < 1.29 is 0 Å². The molecule has 0 heteroatoms. The Morgan fingerprint density at radius 2 is 2.15 bits per heavy atom. The second kappa shape index (κ2) is 4.72. The van der Waals surface area contributed by atoms with Crippen LogP contribution in [0.5, 0.6) is 0 Å². The second-order valence-corrected chi connectivity index (χ2v) is 3.57. The van der Waals surface area contributed by atoms with E-state index in [-0.39, 0.29) is 0 Å². The fourth-order valence-corrected chi connectivity index (χ4v) is 1.35. The molecule has 1 aliphatic carbocycles. The van der Waals surface area contributed by atoms with Crippen LogP contribution < -0.4 is 0 Å². The van der Waals surface area contributed by atoms with Crippen LogP contribution in [0.3, 0.4) is 0 Å². The molecule has 0 saturated carbocycles. The first-order valence-electron chi connectivity index (χ1n) is 4.73. The summed E-state index contributed by atoms with van der Waals surface area (Å²) in [5.41, 5.74) is 4.14. The Bertz CT molecular complexity index is 301. The molecule has 1 aliphatic rings. The summed E-state index contributed by atoms with van der Waals surface area (Å²) in [5, 5.41) is 0. The highest BCUT2D eigenvalue weighted by atomic mass is 14.1. The second-order valence-electron chi connectivity index (χ2n) is 3.57. The third-order valence-electron chi connectivity index (χ3n) is 2.18. The van der Waals surface area contributed by atoms with Crippen LogP contribution >= 0.6 is 0 Å². The van der Waals surface area contributed by atoms with E-state index in [0.29, 0.717) is 0 Å². The van der Waals surface area contributed by atoms with Gasteiger partial charge < -0.3 is 0 Å². The lowest BCUT2D eigenvalue weighted by atomic mass is 10.1. The minimum atomic E-state index is 0.884. The van der Waals surface area contributed by atoms with E-state index in [4.69, 9.17) is 6.42 Å². The van der Waals surface area contributed by atoms with Gasteiger partial charge in [0.15, 0.2) is 0 Å². The fourth-order valence-electron chi connectivity index (χ4n) is 1.35. The number of terminal acetylenes is 1. The molecule has 0 nitrogen and oxygen atoms in total. The highest BCUT2D eigenvalue weighted by molar-refractivity contribution is 5.47. The first kappa shape index (κ1) is 9.86. The Kier molecular flexibility index (Phi) is 3.58. The molecular weight excluding hydrogens is 156 g/mol. The van der Waals surface area contributed by atoms with Gasteiger partial charge in [-0.3, -0.25) is 0 Å². The van der Waals surface area contributed by atoms with Gasteiger partial charge in [0.2, 0.25) is 0 Å². The van der Waals surface area contributed by atoms with E-state index >= 15 is 0 Å². The Hall–Kier alpha value is -1.22. The van der Waals surface area contributed by atoms with Crippen molar-refractivity contribution in [3.05, 3.63) is 34.9 Å². The highest BCUT2D eigenvalue weighted by Crippen LogP contribution is 2.21. The topological polar surface area (TPSA) is 0 Å². The molecule has 0 aromatic heterocycles. The van der Waals surface area contributed by atoms with E-state index < -0.39 is 0 Å². The largest absolute Gasteiger partial charge is 0.120 e. The zero-order chi connectivity index (χ0) is 9.68. The van der Waals surface area contributed by atoms with Crippen LogP contribution in [0.2, 0.25) is 0 Å². The van der Waals surface area contributed by atoms with Crippen molar-refractivity contribution in [2.75, 3.05) is 0 Å². The van der Waals surface area contributed by atoms with Crippen molar-refractivity contribution in [2.24, 2.45) is 0 Å². The first-order valence-corrected chi connectivity index (χ1v) is 4.73. The van der Waals surface area contributed by atoms with Crippen molar-refractivity contribution >= 4 is 0 Å². The van der Waals surface area contributed by atoms with Crippen molar-refractivity contribution in [3.63, 3.8) is 0 Å². The number of rotatable bonds is 3. The average molecular weight is 172 g/mol. The molecule has 0 amide bonds. The monoisotopic (exact) mass is 172 g/mol. The third kappa shape index (κ3) is 2.95. The summed E-state index contributed by atoms with van der Waals surface area (Å²) in [5.74, 6) is 2.66. The van der Waals surface area contributed by atoms with Gasteiger partial charge in [0, 0.05) is 6.42 Å². The molecule has 0 atom stereocenters. The van der Waals surface area contributed by atoms with Gasteiger partial charge in [0.1, 0.15) is 0 Å². The Morgan fingerprint density at radius 3 is 2.69 bits per heavy atom. The van der Waals surface area contributed by atoms with E-state index in [1.165, 1.54) is 16.7 Å². The van der Waals surface area contributed by atoms with Gasteiger partial charge in [0.05, 0.1) is 0 Å². The SMILES string of the molecule is C#CCCCC1=CC(=C(C)C)C=C1. The normalized spacial score (nSPS) is 14.2. The maximum atomic E-state index is 5.19. The lowest BCUT2D eigenvalue weighted by Gasteiger charge is -1.95. The molecule has 0 aliphatic heterocycles. The van der Waals surface area contributed by atoms with Gasteiger partial charge in [-0.25, -0.2) is 0 Å². The van der Waals surface area contributed by atoms with E-state index in [1.807, 2.05) is 0 Å². The summed E-state index contributed by atoms with van der Waals surface area (Å²) in [6.45, 7) is 4.28. The predicted octanol–water partition coefficient (Wildman–Crippen LogP) is 3.62. The van der Waals surface area contributed by atoms with Crippen molar-refractivity contribution in [1.82, 2.24) is 0 Å². The molecule has 0 heterocycles. The van der Waals surface area contributed by atoms with Crippen LogP contribution in [0.25, 0.3) is 0 Å². The Morgan fingerprint density at radius 1 is 1.38 bits per heavy atom. The molecule has 0 unspecified atom stereocenters. The third-order valence-corrected chi connectivity index (χ3v) is 2.18. The molecule has 0 saturated heterocycles. The molecule has 0 fully saturated rings. The predicted molar refractivity (Wildman–Crippen MR) is 58.3 cm³/mol. The minimum Gasteiger partial charge on any atom is -0.120 e. The quantitative estimate of drug-likeness (QED) is 0.450. The van der Waals surface area contributed by atoms with Crippen LogP contribution in [-0.4, -0.2) is 0 Å². The minimum absolute atomic E-state index is 0.884. The zero-order valence-corrected chi connectivity index (χ0v) is 8.43. The fraction of sp³-hybridized carbons (Fsp3) is 0.385. The molecule has 68 valence electrons. The molecular formula is C13H16. The van der Waals surface area contributed by atoms with Crippen LogP contribution in [-0.2, 0) is 0 Å². The van der Waals surface area contributed by atoms with E-state index in [1.54, 1.807) is 0 Å². The molecule has 0 N–H and O–H groups in total. The standard InChI is InChI=1S/C13H16/c1-4-5-6-7-12-8-9-13(10-12)11(2)3/h1,8-10H,5-7H2,2-3H3. The number of unbranched alkanes of at least 4 members (excludes halogenated alkanes) is 1. The van der Waals surface area contributed by atoms with Crippen LogP contribution in [0.15, 0.2) is 34.9 Å². The number of allylic oxidation sites excluding steroid dienone is 6. The summed E-state index contributed by atoms with van der Waals surface area (Å²) in [6.07, 6.45) is 14.9. The van der Waals surface area contributed by atoms with E-state index in [0.717, 1.165) is 19.3 Å². The lowest BCUT2D eigenvalue weighted by molar-refractivity contribution is 0.863. The molecule has 1 rings (SSSR count). The van der Waals surface area contributed by atoms with E-state index in [2.05, 4.69) is 38.0 Å². The van der Waals surface area contributed by atoms with Gasteiger partial charge in [-0.2, -0.15) is 0 Å². The Labute approximate surface area is 81.0 Å². The van der Waals surface area contributed by atoms with Crippen LogP contribution in [0, 0.1) is 12.3 Å². The van der Waals surface area contributed by atoms with Crippen molar-refractivity contribution in [2.45, 2.75) is 33.1 Å². The smallest absolute Gasteiger partial charge is 0.00892 e. The van der Waals surface area contributed by atoms with Crippen molar-refractivity contribution in [3.8, 4) is 12.3 Å². The summed E-state index contributed by atoms with van der Waals surface area (Å²) < 4.78 is 0. The van der Waals surface area contributed by atoms with Crippen LogP contribution in [0.1, 0.15) is 33.1 Å². The molecule has 0 aromatic rings. The van der Waals surface area contributed by atoms with Gasteiger partial charge >= 0.3 is 0 Å².